The summed E-state index contributed by atoms with van der Waals surface area (Å²) in [7, 11) is 0. The number of amides is 1. The van der Waals surface area contributed by atoms with Crippen LogP contribution >= 0.6 is 0 Å². The summed E-state index contributed by atoms with van der Waals surface area (Å²) in [6, 6.07) is 13.0. The molecular weight excluding hydrogens is 466 g/mol. The van der Waals surface area contributed by atoms with Gasteiger partial charge in [-0.25, -0.2) is 9.97 Å². The lowest BCUT2D eigenvalue weighted by atomic mass is 10.1. The quantitative estimate of drug-likeness (QED) is 0.237. The van der Waals surface area contributed by atoms with Crippen LogP contribution in [0.1, 0.15) is 18.4 Å². The number of rotatable bonds is 8. The van der Waals surface area contributed by atoms with Crippen molar-refractivity contribution in [2.24, 2.45) is 0 Å². The van der Waals surface area contributed by atoms with Crippen LogP contribution in [-0.4, -0.2) is 47.8 Å². The van der Waals surface area contributed by atoms with Crippen LogP contribution in [0.2, 0.25) is 0 Å². The third-order valence-electron chi connectivity index (χ3n) is 6.22. The fourth-order valence-electron chi connectivity index (χ4n) is 4.30. The van der Waals surface area contributed by atoms with Crippen LogP contribution < -0.4 is 37.0 Å². The van der Waals surface area contributed by atoms with E-state index in [1.165, 1.54) is 6.21 Å². The molecule has 0 bridgehead atoms. The van der Waals surface area contributed by atoms with Crippen molar-refractivity contribution in [3.05, 3.63) is 70.7 Å². The number of nitrogens with two attached hydrogens (primary N) is 1. The summed E-state index contributed by atoms with van der Waals surface area (Å²) in [5.41, 5.74) is 8.66. The number of fused-ring (bicyclic) bond motifs is 1. The van der Waals surface area contributed by atoms with E-state index in [0.29, 0.717) is 28.6 Å². The molecule has 6 N–H and O–H groups in total. The molecule has 1 aliphatic carbocycles. The van der Waals surface area contributed by atoms with Gasteiger partial charge in [-0.1, -0.05) is 30.4 Å². The van der Waals surface area contributed by atoms with Gasteiger partial charge < -0.3 is 31.8 Å². The summed E-state index contributed by atoms with van der Waals surface area (Å²) in [4.78, 5) is 21.9. The number of aromatic nitrogens is 2. The van der Waals surface area contributed by atoms with Crippen molar-refractivity contribution in [1.82, 2.24) is 20.6 Å². The minimum Gasteiger partial charge on any atom is -0.484 e. The highest BCUT2D eigenvalue weighted by Gasteiger charge is 2.17. The molecule has 3 aromatic rings. The average Bonchev–Trinajstić information content (AvgIpc) is 3.30. The lowest BCUT2D eigenvalue weighted by molar-refractivity contribution is -0.123. The van der Waals surface area contributed by atoms with Crippen LogP contribution in [0.4, 0.5) is 17.2 Å². The summed E-state index contributed by atoms with van der Waals surface area (Å²) in [5, 5.41) is 18.9. The molecule has 2 aliphatic rings. The molecule has 0 radical (unpaired) electrons. The van der Waals surface area contributed by atoms with Gasteiger partial charge in [-0.05, 0) is 55.8 Å². The van der Waals surface area contributed by atoms with E-state index in [0.717, 1.165) is 47.7 Å². The number of anilines is 3. The Morgan fingerprint density at radius 1 is 1.24 bits per heavy atom. The molecule has 9 heteroatoms. The molecule has 2 aromatic carbocycles. The van der Waals surface area contributed by atoms with Gasteiger partial charge >= 0.3 is 0 Å². The molecule has 1 aliphatic heterocycles. The Hall–Kier alpha value is -4.50. The molecule has 1 saturated heterocycles. The number of nitrogen functional groups attached to an aromatic ring is 1. The number of hydrogen-bond acceptors (Lipinski definition) is 8. The molecule has 0 saturated carbocycles. The van der Waals surface area contributed by atoms with Gasteiger partial charge in [-0.2, -0.15) is 0 Å². The van der Waals surface area contributed by atoms with Crippen LogP contribution in [0.25, 0.3) is 23.5 Å². The van der Waals surface area contributed by atoms with Crippen molar-refractivity contribution in [3.63, 3.8) is 0 Å². The number of carbonyl (C=O) groups is 1. The average molecular weight is 496 g/mol. The van der Waals surface area contributed by atoms with Crippen LogP contribution in [0.3, 0.4) is 0 Å². The molecule has 0 spiro atoms. The fraction of sp³-hybridized carbons (Fsp3) is 0.214. The predicted molar refractivity (Wildman–Crippen MR) is 146 cm³/mol. The molecule has 5 rings (SSSR count). The highest BCUT2D eigenvalue weighted by Crippen LogP contribution is 2.23. The second-order valence-corrected chi connectivity index (χ2v) is 8.92. The molecule has 2 heterocycles. The first-order valence-electron chi connectivity index (χ1n) is 12.2. The maximum Gasteiger partial charge on any atom is 0.258 e. The molecule has 1 aromatic heterocycles. The van der Waals surface area contributed by atoms with Gasteiger partial charge in [0.1, 0.15) is 11.6 Å². The number of hydrogen-bond donors (Lipinski definition) is 5. The number of allylic oxidation sites excluding steroid dienone is 2. The van der Waals surface area contributed by atoms with Gasteiger partial charge in [0.15, 0.2) is 12.4 Å². The van der Waals surface area contributed by atoms with Crippen LogP contribution in [0.5, 0.6) is 5.75 Å². The van der Waals surface area contributed by atoms with Crippen molar-refractivity contribution < 1.29 is 9.53 Å². The molecule has 1 amide bonds. The second-order valence-electron chi connectivity index (χ2n) is 8.92. The maximum absolute atomic E-state index is 12.3. The van der Waals surface area contributed by atoms with Crippen LogP contribution in [0.15, 0.2) is 54.6 Å². The van der Waals surface area contributed by atoms with E-state index in [2.05, 4.69) is 28.1 Å². The van der Waals surface area contributed by atoms with E-state index in [-0.39, 0.29) is 18.6 Å². The Kier molecular flexibility index (Phi) is 7.23. The van der Waals surface area contributed by atoms with E-state index < -0.39 is 0 Å². The Bertz CT molecular complexity index is 1480. The highest BCUT2D eigenvalue weighted by atomic mass is 16.5. The van der Waals surface area contributed by atoms with Crippen molar-refractivity contribution in [2.45, 2.75) is 18.9 Å². The first-order valence-corrected chi connectivity index (χ1v) is 12.2. The van der Waals surface area contributed by atoms with E-state index >= 15 is 0 Å². The Labute approximate surface area is 214 Å². The predicted octanol–water partition coefficient (Wildman–Crippen LogP) is 1.84. The summed E-state index contributed by atoms with van der Waals surface area (Å²) < 4.78 is 5.77. The molecule has 1 atom stereocenters. The zero-order valence-electron chi connectivity index (χ0n) is 20.3. The Morgan fingerprint density at radius 3 is 3.00 bits per heavy atom. The molecule has 1 unspecified atom stereocenters. The smallest absolute Gasteiger partial charge is 0.258 e. The number of nitrogens with zero attached hydrogens (tertiary/aromatic N) is 2. The van der Waals surface area contributed by atoms with Gasteiger partial charge in [0.25, 0.3) is 5.91 Å². The number of nitrogens with one attached hydrogen (secondary N) is 4. The fourth-order valence-corrected chi connectivity index (χ4v) is 4.30. The lowest BCUT2D eigenvalue weighted by Gasteiger charge is -2.13. The lowest BCUT2D eigenvalue weighted by Crippen LogP contribution is -2.39. The summed E-state index contributed by atoms with van der Waals surface area (Å²) >= 11 is 0. The topological polar surface area (TPSA) is 138 Å². The third kappa shape index (κ3) is 5.84. The number of carbonyl (C=O) groups excluding carboxylic acids is 1. The second kappa shape index (κ2) is 11.0. The Morgan fingerprint density at radius 2 is 2.16 bits per heavy atom. The SMILES string of the molecule is N=Cc1cc(Nc2nc(-c3cccc(OCC(=O)NC4CCNC4)c3)nc3c2=CCC=CC=3)ccc1N. The van der Waals surface area contributed by atoms with Gasteiger partial charge in [0.2, 0.25) is 0 Å². The van der Waals surface area contributed by atoms with E-state index in [1.54, 1.807) is 6.07 Å². The maximum atomic E-state index is 12.3. The summed E-state index contributed by atoms with van der Waals surface area (Å²) in [6.07, 6.45) is 11.0. The van der Waals surface area contributed by atoms with E-state index in [1.807, 2.05) is 48.6 Å². The molecule has 188 valence electrons. The van der Waals surface area contributed by atoms with Gasteiger partial charge in [-0.15, -0.1) is 0 Å². The van der Waals surface area contributed by atoms with E-state index in [4.69, 9.17) is 25.8 Å². The molecule has 9 nitrogen and oxygen atoms in total. The van der Waals surface area contributed by atoms with Crippen molar-refractivity contribution in [2.75, 3.05) is 30.7 Å². The van der Waals surface area contributed by atoms with Crippen molar-refractivity contribution in [1.29, 1.82) is 5.41 Å². The largest absolute Gasteiger partial charge is 0.484 e. The number of ether oxygens (including phenoxy) is 1. The Balaban J connectivity index is 1.42. The molecule has 37 heavy (non-hydrogen) atoms. The highest BCUT2D eigenvalue weighted by molar-refractivity contribution is 5.87. The first kappa shape index (κ1) is 24.2. The van der Waals surface area contributed by atoms with Gasteiger partial charge in [0.05, 0.1) is 5.35 Å². The van der Waals surface area contributed by atoms with Crippen molar-refractivity contribution >= 4 is 41.5 Å². The zero-order valence-corrected chi connectivity index (χ0v) is 20.3. The van der Waals surface area contributed by atoms with Crippen molar-refractivity contribution in [3.8, 4) is 17.1 Å². The summed E-state index contributed by atoms with van der Waals surface area (Å²) in [6.45, 7) is 1.65. The zero-order chi connectivity index (χ0) is 25.6. The van der Waals surface area contributed by atoms with Gasteiger partial charge in [0, 0.05) is 46.5 Å². The van der Waals surface area contributed by atoms with Crippen LogP contribution in [-0.2, 0) is 4.79 Å². The summed E-state index contributed by atoms with van der Waals surface area (Å²) in [5.74, 6) is 1.60. The molecular formula is C28H29N7O2. The minimum atomic E-state index is -0.142. The normalized spacial score (nSPS) is 16.1. The standard InChI is InChI=1S/C28H29N7O2/c29-15-19-13-20(9-10-24(19)30)33-28-23-7-2-1-3-8-25(23)34-27(35-28)18-5-4-6-22(14-18)37-17-26(36)32-21-11-12-31-16-21/h1,3-10,13-15,21,29,31H,2,11-12,16-17,30H2,(H,32,36)(H,33,34,35). The number of benzene rings is 2. The monoisotopic (exact) mass is 495 g/mol. The van der Waals surface area contributed by atoms with Crippen LogP contribution in [0, 0.1) is 5.41 Å². The minimum absolute atomic E-state index is 0.0577. The van der Waals surface area contributed by atoms with Gasteiger partial charge in [-0.3, -0.25) is 4.79 Å². The molecule has 1 fully saturated rings. The third-order valence-corrected chi connectivity index (χ3v) is 6.22. The van der Waals surface area contributed by atoms with E-state index in [9.17, 15) is 4.79 Å². The first-order chi connectivity index (χ1) is 18.1.